The zero-order valence-corrected chi connectivity index (χ0v) is 9.85. The number of hydrogen-bond donors (Lipinski definition) is 0. The molecule has 0 saturated heterocycles. The van der Waals surface area contributed by atoms with E-state index < -0.39 is 0 Å². The molecule has 1 aromatic heterocycles. The van der Waals surface area contributed by atoms with Crippen LogP contribution in [0.1, 0.15) is 0 Å². The first-order valence-electron chi connectivity index (χ1n) is 5.55. The first kappa shape index (κ1) is 12.2. The van der Waals surface area contributed by atoms with Crippen LogP contribution in [0.4, 0.5) is 0 Å². The van der Waals surface area contributed by atoms with Crippen molar-refractivity contribution >= 4 is 0 Å². The van der Waals surface area contributed by atoms with E-state index in [0.717, 1.165) is 5.57 Å². The summed E-state index contributed by atoms with van der Waals surface area (Å²) in [5, 5.41) is 2.72. The van der Waals surface area contributed by atoms with E-state index in [1.807, 2.05) is 52.5 Å². The van der Waals surface area contributed by atoms with Crippen molar-refractivity contribution in [2.75, 3.05) is 6.73 Å². The quantitative estimate of drug-likeness (QED) is 0.587. The Balaban J connectivity index is 1.76. The second-order valence-corrected chi connectivity index (χ2v) is 3.73. The van der Waals surface area contributed by atoms with Gasteiger partial charge in [-0.2, -0.15) is 4.57 Å². The second-order valence-electron chi connectivity index (χ2n) is 3.73. The predicted molar refractivity (Wildman–Crippen MR) is 66.6 cm³/mol. The smallest absolute Gasteiger partial charge is 0.254 e. The van der Waals surface area contributed by atoms with E-state index in [9.17, 15) is 4.91 Å². The molecule has 0 saturated carbocycles. The molecule has 0 unspecified atom stereocenters. The summed E-state index contributed by atoms with van der Waals surface area (Å²) in [5.41, 5.74) is 0.777. The monoisotopic (exact) mass is 244 g/mol. The number of ether oxygens (including phenoxy) is 1. The van der Waals surface area contributed by atoms with Crippen molar-refractivity contribution in [3.63, 3.8) is 0 Å². The molecule has 0 fully saturated rings. The lowest BCUT2D eigenvalue weighted by Crippen LogP contribution is -2.35. The summed E-state index contributed by atoms with van der Waals surface area (Å²) >= 11 is 0. The minimum atomic E-state index is 0.455. The Morgan fingerprint density at radius 3 is 2.61 bits per heavy atom. The topological polar surface area (TPSA) is 45.8 Å². The maximum absolute atomic E-state index is 10.0. The summed E-state index contributed by atoms with van der Waals surface area (Å²) in [7, 11) is 0. The Morgan fingerprint density at radius 1 is 1.22 bits per heavy atom. The lowest BCUT2D eigenvalue weighted by atomic mass is 10.2. The van der Waals surface area contributed by atoms with Crippen LogP contribution in [0.5, 0.6) is 0 Å². The number of hydrogen-bond acceptors (Lipinski definition) is 4. The number of nitrogens with zero attached hydrogens (tertiary/aromatic N) is 3. The number of rotatable bonds is 5. The normalized spacial score (nSPS) is 13.8. The molecule has 5 nitrogen and oxygen atoms in total. The third kappa shape index (κ3) is 3.64. The number of pyridine rings is 1. The first-order valence-corrected chi connectivity index (χ1v) is 5.55. The van der Waals surface area contributed by atoms with Crippen molar-refractivity contribution in [1.82, 2.24) is 4.90 Å². The van der Waals surface area contributed by atoms with Gasteiger partial charge in [0.25, 0.3) is 6.73 Å². The molecular formula is C13H14N3O2+. The van der Waals surface area contributed by atoms with E-state index in [2.05, 4.69) is 5.18 Å². The van der Waals surface area contributed by atoms with Crippen LogP contribution in [-0.4, -0.2) is 11.6 Å². The van der Waals surface area contributed by atoms with Gasteiger partial charge >= 0.3 is 0 Å². The summed E-state index contributed by atoms with van der Waals surface area (Å²) in [5.74, 6) is 0. The van der Waals surface area contributed by atoms with Crippen LogP contribution in [0.2, 0.25) is 0 Å². The maximum atomic E-state index is 10.0. The predicted octanol–water partition coefficient (Wildman–Crippen LogP) is 1.90. The van der Waals surface area contributed by atoms with Gasteiger partial charge in [0, 0.05) is 24.5 Å². The fourth-order valence-corrected chi connectivity index (χ4v) is 1.47. The van der Waals surface area contributed by atoms with Gasteiger partial charge in [0.15, 0.2) is 12.4 Å². The molecule has 2 rings (SSSR count). The third-order valence-corrected chi connectivity index (χ3v) is 2.38. The Kier molecular flexibility index (Phi) is 4.38. The molecule has 0 atom stereocenters. The molecule has 1 aliphatic rings. The van der Waals surface area contributed by atoms with E-state index in [1.165, 1.54) is 6.20 Å². The zero-order chi connectivity index (χ0) is 12.6. The van der Waals surface area contributed by atoms with Crippen molar-refractivity contribution in [1.29, 1.82) is 0 Å². The summed E-state index contributed by atoms with van der Waals surface area (Å²) in [6.45, 7) is 0.953. The average molecular weight is 244 g/mol. The van der Waals surface area contributed by atoms with E-state index in [1.54, 1.807) is 12.2 Å². The molecule has 0 amide bonds. The van der Waals surface area contributed by atoms with Crippen LogP contribution in [0.15, 0.2) is 72.1 Å². The van der Waals surface area contributed by atoms with Gasteiger partial charge in [-0.3, -0.25) is 0 Å². The van der Waals surface area contributed by atoms with Crippen molar-refractivity contribution in [2.24, 2.45) is 5.18 Å². The Morgan fingerprint density at radius 2 is 1.94 bits per heavy atom. The molecular weight excluding hydrogens is 230 g/mol. The lowest BCUT2D eigenvalue weighted by Gasteiger charge is -2.17. The summed E-state index contributed by atoms with van der Waals surface area (Å²) < 4.78 is 7.48. The molecule has 0 N–H and O–H groups in total. The highest BCUT2D eigenvalue weighted by atomic mass is 16.5. The van der Waals surface area contributed by atoms with Gasteiger partial charge in [0.05, 0.1) is 6.20 Å². The summed E-state index contributed by atoms with van der Waals surface area (Å²) in [4.78, 5) is 11.9. The Hall–Kier alpha value is -2.27. The van der Waals surface area contributed by atoms with Gasteiger partial charge in [-0.15, -0.1) is 4.91 Å². The molecule has 0 bridgehead atoms. The van der Waals surface area contributed by atoms with Gasteiger partial charge in [-0.25, -0.2) is 0 Å². The van der Waals surface area contributed by atoms with Crippen molar-refractivity contribution < 1.29 is 9.30 Å². The van der Waals surface area contributed by atoms with Crippen LogP contribution in [0.25, 0.3) is 0 Å². The Bertz CT molecular complexity index is 464. The molecule has 1 aliphatic heterocycles. The highest BCUT2D eigenvalue weighted by Gasteiger charge is 2.02. The highest BCUT2D eigenvalue weighted by molar-refractivity contribution is 5.32. The fourth-order valence-electron chi connectivity index (χ4n) is 1.47. The van der Waals surface area contributed by atoms with Crippen molar-refractivity contribution in [2.45, 2.75) is 6.73 Å². The van der Waals surface area contributed by atoms with Gasteiger partial charge in [-0.05, 0) is 22.9 Å². The largest absolute Gasteiger partial charge is 0.331 e. The molecule has 5 heteroatoms. The van der Waals surface area contributed by atoms with Crippen LogP contribution in [0, 0.1) is 4.91 Å². The van der Waals surface area contributed by atoms with Crippen molar-refractivity contribution in [3.8, 4) is 0 Å². The first-order chi connectivity index (χ1) is 8.88. The lowest BCUT2D eigenvalue weighted by molar-refractivity contribution is -0.733. The molecule has 0 aliphatic carbocycles. The number of nitroso groups, excluding NO2 is 1. The molecule has 1 aromatic rings. The molecule has 0 aromatic carbocycles. The third-order valence-electron chi connectivity index (χ3n) is 2.38. The molecule has 18 heavy (non-hydrogen) atoms. The SMILES string of the molecule is O=NC=C1C=CN(COC[n+]2ccccc2)C=C1. The van der Waals surface area contributed by atoms with E-state index in [-0.39, 0.29) is 0 Å². The second kappa shape index (κ2) is 6.46. The molecule has 0 radical (unpaired) electrons. The average Bonchev–Trinajstić information content (AvgIpc) is 2.42. The van der Waals surface area contributed by atoms with Crippen LogP contribution in [0.3, 0.4) is 0 Å². The van der Waals surface area contributed by atoms with Gasteiger partial charge < -0.3 is 9.64 Å². The molecule has 2 heterocycles. The standard InChI is InChI=1S/C13H14N3O2/c17-14-10-13-4-8-16(9-5-13)12-18-11-15-6-2-1-3-7-15/h1-10H,11-12H2/q+1. The fraction of sp³-hybridized carbons (Fsp3) is 0.154. The molecule has 92 valence electrons. The van der Waals surface area contributed by atoms with Crippen LogP contribution in [-0.2, 0) is 11.5 Å². The number of aromatic nitrogens is 1. The van der Waals surface area contributed by atoms with E-state index in [4.69, 9.17) is 4.74 Å². The highest BCUT2D eigenvalue weighted by Crippen LogP contribution is 2.08. The van der Waals surface area contributed by atoms with E-state index >= 15 is 0 Å². The maximum Gasteiger partial charge on any atom is 0.254 e. The summed E-state index contributed by atoms with van der Waals surface area (Å²) in [6, 6.07) is 5.86. The van der Waals surface area contributed by atoms with Gasteiger partial charge in [0.2, 0.25) is 0 Å². The van der Waals surface area contributed by atoms with Gasteiger partial charge in [0.1, 0.15) is 6.73 Å². The minimum Gasteiger partial charge on any atom is -0.331 e. The van der Waals surface area contributed by atoms with Gasteiger partial charge in [-0.1, -0.05) is 6.07 Å². The van der Waals surface area contributed by atoms with Crippen LogP contribution >= 0.6 is 0 Å². The zero-order valence-electron chi connectivity index (χ0n) is 9.85. The Labute approximate surface area is 105 Å². The summed E-state index contributed by atoms with van der Waals surface area (Å²) in [6.07, 6.45) is 12.4. The van der Waals surface area contributed by atoms with E-state index in [0.29, 0.717) is 13.5 Å². The van der Waals surface area contributed by atoms with Crippen LogP contribution < -0.4 is 4.57 Å². The molecule has 0 spiro atoms. The van der Waals surface area contributed by atoms with Crippen molar-refractivity contribution in [3.05, 3.63) is 71.8 Å². The number of allylic oxidation sites excluding steroid dienone is 3. The minimum absolute atomic E-state index is 0.455.